The summed E-state index contributed by atoms with van der Waals surface area (Å²) in [6.07, 6.45) is 0. The molecule has 1 heterocycles. The maximum atomic E-state index is 12.2. The van der Waals surface area contributed by atoms with Crippen LogP contribution in [-0.2, 0) is 16.1 Å². The molecule has 0 aliphatic heterocycles. The Morgan fingerprint density at radius 3 is 2.72 bits per heavy atom. The second kappa shape index (κ2) is 7.44. The Balaban J connectivity index is 1.72. The van der Waals surface area contributed by atoms with E-state index in [1.165, 1.54) is 30.0 Å². The zero-order chi connectivity index (χ0) is 17.8. The molecule has 0 bridgehead atoms. The van der Waals surface area contributed by atoms with Gasteiger partial charge < -0.3 is 14.3 Å². The topological polar surface area (TPSA) is 76.7 Å². The lowest BCUT2D eigenvalue weighted by atomic mass is 10.1. The predicted molar refractivity (Wildman–Crippen MR) is 95.7 cm³/mol. The number of phenolic OH excluding ortho intramolecular Hbond substituents is 1. The fraction of sp³-hybridized carbons (Fsp3) is 0.158. The van der Waals surface area contributed by atoms with Gasteiger partial charge in [0.2, 0.25) is 0 Å². The molecule has 0 saturated carbocycles. The number of thioether (sulfide) groups is 1. The Morgan fingerprint density at radius 1 is 1.20 bits per heavy atom. The van der Waals surface area contributed by atoms with Crippen LogP contribution in [0.15, 0.2) is 68.7 Å². The number of fused-ring (bicyclic) bond motifs is 1. The van der Waals surface area contributed by atoms with E-state index in [0.717, 1.165) is 4.90 Å². The second-order valence-corrected chi connectivity index (χ2v) is 6.87. The molecule has 0 unspecified atom stereocenters. The summed E-state index contributed by atoms with van der Waals surface area (Å²) < 4.78 is 10.4. The molecule has 3 aromatic rings. The molecular formula is C19H16O5S. The average molecular weight is 356 g/mol. The average Bonchev–Trinajstić information content (AvgIpc) is 2.59. The van der Waals surface area contributed by atoms with E-state index >= 15 is 0 Å². The van der Waals surface area contributed by atoms with Crippen LogP contribution in [0.3, 0.4) is 0 Å². The Bertz CT molecular complexity index is 949. The summed E-state index contributed by atoms with van der Waals surface area (Å²) in [4.78, 5) is 24.8. The Morgan fingerprint density at radius 2 is 1.96 bits per heavy atom. The summed E-state index contributed by atoms with van der Waals surface area (Å²) in [5, 5.41) is 9.73. The molecule has 25 heavy (non-hydrogen) atoms. The van der Waals surface area contributed by atoms with Gasteiger partial charge in [-0.15, -0.1) is 11.8 Å². The Kier molecular flexibility index (Phi) is 5.09. The standard InChI is InChI=1S/C19H16O5S/c1-12(25-15-5-3-2-4-6-15)19(22)23-11-13-9-18(21)24-17-10-14(20)7-8-16(13)17/h2-10,12,20H,11H2,1H3/t12-/m0/s1. The third-order valence-electron chi connectivity index (χ3n) is 3.57. The van der Waals surface area contributed by atoms with Crippen molar-refractivity contribution in [2.24, 2.45) is 0 Å². The number of phenols is 1. The van der Waals surface area contributed by atoms with Crippen LogP contribution in [0.5, 0.6) is 5.75 Å². The van der Waals surface area contributed by atoms with E-state index in [9.17, 15) is 14.7 Å². The molecular weight excluding hydrogens is 340 g/mol. The van der Waals surface area contributed by atoms with Gasteiger partial charge >= 0.3 is 11.6 Å². The van der Waals surface area contributed by atoms with Crippen LogP contribution in [0.2, 0.25) is 0 Å². The number of rotatable bonds is 5. The zero-order valence-corrected chi connectivity index (χ0v) is 14.3. The van der Waals surface area contributed by atoms with Crippen molar-refractivity contribution in [3.8, 4) is 5.75 Å². The molecule has 0 radical (unpaired) electrons. The maximum absolute atomic E-state index is 12.2. The summed E-state index contributed by atoms with van der Waals surface area (Å²) in [5.74, 6) is -0.369. The van der Waals surface area contributed by atoms with Crippen molar-refractivity contribution in [3.63, 3.8) is 0 Å². The van der Waals surface area contributed by atoms with E-state index in [0.29, 0.717) is 10.9 Å². The van der Waals surface area contributed by atoms with Gasteiger partial charge in [0, 0.05) is 28.0 Å². The van der Waals surface area contributed by atoms with Gasteiger partial charge in [-0.2, -0.15) is 0 Å². The van der Waals surface area contributed by atoms with Gasteiger partial charge in [-0.3, -0.25) is 4.79 Å². The molecule has 0 fully saturated rings. The fourth-order valence-electron chi connectivity index (χ4n) is 2.36. The molecule has 0 saturated heterocycles. The van der Waals surface area contributed by atoms with Crippen LogP contribution in [0.1, 0.15) is 12.5 Å². The van der Waals surface area contributed by atoms with E-state index in [2.05, 4.69) is 0 Å². The highest BCUT2D eigenvalue weighted by atomic mass is 32.2. The molecule has 6 heteroatoms. The minimum Gasteiger partial charge on any atom is -0.508 e. The van der Waals surface area contributed by atoms with E-state index < -0.39 is 5.63 Å². The number of benzene rings is 2. The second-order valence-electron chi connectivity index (χ2n) is 5.45. The first kappa shape index (κ1) is 17.1. The number of hydrogen-bond donors (Lipinski definition) is 1. The number of carbonyl (C=O) groups is 1. The molecule has 1 aromatic heterocycles. The SMILES string of the molecule is C[C@H](Sc1ccccc1)C(=O)OCc1cc(=O)oc2cc(O)ccc12. The Labute approximate surface area is 148 Å². The van der Waals surface area contributed by atoms with Crippen molar-refractivity contribution in [1.29, 1.82) is 0 Å². The van der Waals surface area contributed by atoms with Crippen molar-refractivity contribution in [2.75, 3.05) is 0 Å². The molecule has 0 amide bonds. The maximum Gasteiger partial charge on any atom is 0.336 e. The lowest BCUT2D eigenvalue weighted by Crippen LogP contribution is -2.17. The van der Waals surface area contributed by atoms with Crippen LogP contribution >= 0.6 is 11.8 Å². The van der Waals surface area contributed by atoms with E-state index in [1.54, 1.807) is 13.0 Å². The van der Waals surface area contributed by atoms with Gasteiger partial charge in [0.05, 0.1) is 0 Å². The molecule has 5 nitrogen and oxygen atoms in total. The van der Waals surface area contributed by atoms with E-state index in [1.807, 2.05) is 30.3 Å². The molecule has 2 aromatic carbocycles. The lowest BCUT2D eigenvalue weighted by Gasteiger charge is -2.12. The number of carbonyl (C=O) groups excluding carboxylic acids is 1. The lowest BCUT2D eigenvalue weighted by molar-refractivity contribution is -0.143. The molecule has 1 atom stereocenters. The van der Waals surface area contributed by atoms with Gasteiger partial charge in [-0.25, -0.2) is 4.79 Å². The van der Waals surface area contributed by atoms with Crippen molar-refractivity contribution < 1.29 is 19.1 Å². The van der Waals surface area contributed by atoms with Gasteiger partial charge in [0.1, 0.15) is 23.2 Å². The number of esters is 1. The minimum absolute atomic E-state index is 0.00215. The summed E-state index contributed by atoms with van der Waals surface area (Å²) in [6, 6.07) is 15.3. The van der Waals surface area contributed by atoms with Crippen LogP contribution in [0.25, 0.3) is 11.0 Å². The summed E-state index contributed by atoms with van der Waals surface area (Å²) in [7, 11) is 0. The number of ether oxygens (including phenoxy) is 1. The van der Waals surface area contributed by atoms with Crippen LogP contribution < -0.4 is 5.63 Å². The van der Waals surface area contributed by atoms with E-state index in [4.69, 9.17) is 9.15 Å². The smallest absolute Gasteiger partial charge is 0.336 e. The van der Waals surface area contributed by atoms with Crippen LogP contribution in [-0.4, -0.2) is 16.3 Å². The monoisotopic (exact) mass is 356 g/mol. The quantitative estimate of drug-likeness (QED) is 0.426. The normalized spacial score (nSPS) is 12.0. The number of hydrogen-bond acceptors (Lipinski definition) is 6. The zero-order valence-electron chi connectivity index (χ0n) is 13.5. The van der Waals surface area contributed by atoms with Crippen molar-refractivity contribution >= 4 is 28.7 Å². The van der Waals surface area contributed by atoms with Crippen LogP contribution in [0, 0.1) is 0 Å². The molecule has 1 N–H and O–H groups in total. The largest absolute Gasteiger partial charge is 0.508 e. The third kappa shape index (κ3) is 4.22. The fourth-order valence-corrected chi connectivity index (χ4v) is 3.24. The predicted octanol–water partition coefficient (Wildman–Crippen LogP) is 3.72. The van der Waals surface area contributed by atoms with Gasteiger partial charge in [0.15, 0.2) is 0 Å². The molecule has 0 aliphatic rings. The first-order chi connectivity index (χ1) is 12.0. The van der Waals surface area contributed by atoms with Gasteiger partial charge in [-0.1, -0.05) is 18.2 Å². The highest BCUT2D eigenvalue weighted by Gasteiger charge is 2.17. The third-order valence-corrected chi connectivity index (χ3v) is 4.66. The van der Waals surface area contributed by atoms with Gasteiger partial charge in [0.25, 0.3) is 0 Å². The molecule has 0 spiro atoms. The van der Waals surface area contributed by atoms with Crippen molar-refractivity contribution in [3.05, 3.63) is 70.6 Å². The number of aromatic hydroxyl groups is 1. The first-order valence-electron chi connectivity index (χ1n) is 7.67. The van der Waals surface area contributed by atoms with Crippen LogP contribution in [0.4, 0.5) is 0 Å². The molecule has 0 aliphatic carbocycles. The highest BCUT2D eigenvalue weighted by Crippen LogP contribution is 2.25. The van der Waals surface area contributed by atoms with E-state index in [-0.39, 0.29) is 29.2 Å². The van der Waals surface area contributed by atoms with Crippen molar-refractivity contribution in [1.82, 2.24) is 0 Å². The summed E-state index contributed by atoms with van der Waals surface area (Å²) >= 11 is 1.41. The van der Waals surface area contributed by atoms with Crippen molar-refractivity contribution in [2.45, 2.75) is 23.7 Å². The van der Waals surface area contributed by atoms with Gasteiger partial charge in [-0.05, 0) is 31.2 Å². The highest BCUT2D eigenvalue weighted by molar-refractivity contribution is 8.00. The molecule has 128 valence electrons. The Hall–Kier alpha value is -2.73. The first-order valence-corrected chi connectivity index (χ1v) is 8.55. The molecule has 3 rings (SSSR count). The minimum atomic E-state index is -0.559. The summed E-state index contributed by atoms with van der Waals surface area (Å²) in [6.45, 7) is 1.74. The summed E-state index contributed by atoms with van der Waals surface area (Å²) in [5.41, 5.74) is 0.234.